The van der Waals surface area contributed by atoms with Gasteiger partial charge in [0.2, 0.25) is 0 Å². The highest BCUT2D eigenvalue weighted by molar-refractivity contribution is 6.69. The summed E-state index contributed by atoms with van der Waals surface area (Å²) in [6.45, 7) is 0. The first kappa shape index (κ1) is 25.6. The van der Waals surface area contributed by atoms with Gasteiger partial charge in [-0.1, -0.05) is 114 Å². The normalized spacial score (nSPS) is 11.4. The molecule has 0 aliphatic carbocycles. The number of benzene rings is 7. The van der Waals surface area contributed by atoms with Gasteiger partial charge in [-0.05, 0) is 77.8 Å². The minimum absolute atomic E-state index is 1.25. The number of hydrogen-bond donors (Lipinski definition) is 0. The topological polar surface area (TPSA) is 0 Å². The molecule has 7 aromatic rings. The van der Waals surface area contributed by atoms with Gasteiger partial charge in [0, 0.05) is 0 Å². The maximum Gasteiger partial charge on any atom is 0.139 e. The van der Waals surface area contributed by atoms with Crippen LogP contribution in [0.1, 0.15) is 0 Å². The molecule has 7 aromatic carbocycles. The van der Waals surface area contributed by atoms with Gasteiger partial charge in [0.25, 0.3) is 0 Å². The maximum absolute atomic E-state index is 2.37. The van der Waals surface area contributed by atoms with E-state index in [1.54, 1.807) is 0 Å². The van der Waals surface area contributed by atoms with Crippen LogP contribution in [0, 0.1) is 0 Å². The van der Waals surface area contributed by atoms with Gasteiger partial charge in [0.05, 0.1) is 0 Å². The van der Waals surface area contributed by atoms with Gasteiger partial charge in [0.1, 0.15) is 39.2 Å². The van der Waals surface area contributed by atoms with Crippen LogP contribution in [0.4, 0.5) is 0 Å². The number of rotatable bonds is 3. The minimum atomic E-state index is 1.25. The molecule has 0 saturated heterocycles. The Kier molecular flexibility index (Phi) is 6.20. The lowest BCUT2D eigenvalue weighted by Gasteiger charge is -2.24. The summed E-state index contributed by atoms with van der Waals surface area (Å²) in [4.78, 5) is 0. The molecule has 188 valence electrons. The first-order chi connectivity index (χ1) is 19.9. The average Bonchev–Trinajstić information content (AvgIpc) is 3.02. The standard InChI is InChI=1S/C36H29B5/c37-32-31(33(38)35(40)36(41)34(32)39)30-27-12-6-4-10-25(27)29(26-11-5-7-13-28(26)30)24-17-16-22-18-21(14-15-23(22)19-24)20-8-2-1-3-9-20/h1-19H,37-41H2. The van der Waals surface area contributed by atoms with Crippen LogP contribution < -0.4 is 27.3 Å². The van der Waals surface area contributed by atoms with Gasteiger partial charge in [-0.25, -0.2) is 0 Å². The van der Waals surface area contributed by atoms with E-state index in [1.165, 1.54) is 93.0 Å². The smallest absolute Gasteiger partial charge is 0.102 e. The molecule has 0 bridgehead atoms. The van der Waals surface area contributed by atoms with Crippen LogP contribution >= 0.6 is 0 Å². The fraction of sp³-hybridized carbons (Fsp3) is 0. The van der Waals surface area contributed by atoms with E-state index in [0.717, 1.165) is 0 Å². The second-order valence-electron chi connectivity index (χ2n) is 11.5. The van der Waals surface area contributed by atoms with E-state index >= 15 is 0 Å². The predicted octanol–water partition coefficient (Wildman–Crippen LogP) is 1.44. The molecular weight excluding hydrogens is 486 g/mol. The van der Waals surface area contributed by atoms with Crippen molar-refractivity contribution in [2.24, 2.45) is 0 Å². The van der Waals surface area contributed by atoms with Crippen molar-refractivity contribution >= 4 is 98.9 Å². The molecule has 0 aliphatic heterocycles. The van der Waals surface area contributed by atoms with Gasteiger partial charge in [-0.15, -0.1) is 16.4 Å². The predicted molar refractivity (Wildman–Crippen MR) is 196 cm³/mol. The first-order valence-electron chi connectivity index (χ1n) is 14.5. The zero-order valence-electron chi connectivity index (χ0n) is 24.5. The number of fused-ring (bicyclic) bond motifs is 3. The molecule has 41 heavy (non-hydrogen) atoms. The van der Waals surface area contributed by atoms with E-state index in [4.69, 9.17) is 0 Å². The monoisotopic (exact) mass is 516 g/mol. The van der Waals surface area contributed by atoms with Gasteiger partial charge in [-0.3, -0.25) is 0 Å². The third-order valence-corrected chi connectivity index (χ3v) is 9.42. The SMILES string of the molecule is Bc1c(B)c(B)c(-c2c3ccccc3c(-c3ccc4cc(-c5ccccc5)ccc4c3)c3ccccc23)c(B)c1B. The fourth-order valence-electron chi connectivity index (χ4n) is 6.80. The van der Waals surface area contributed by atoms with Gasteiger partial charge in [0.15, 0.2) is 0 Å². The van der Waals surface area contributed by atoms with E-state index in [-0.39, 0.29) is 0 Å². The molecular formula is C36H29B5. The van der Waals surface area contributed by atoms with Crippen molar-refractivity contribution in [3.05, 3.63) is 115 Å². The van der Waals surface area contributed by atoms with Crippen molar-refractivity contribution in [2.45, 2.75) is 0 Å². The van der Waals surface area contributed by atoms with E-state index in [0.29, 0.717) is 0 Å². The molecule has 5 heteroatoms. The Balaban J connectivity index is 1.52. The Morgan fingerprint density at radius 2 is 0.707 bits per heavy atom. The Labute approximate surface area is 246 Å². The summed E-state index contributed by atoms with van der Waals surface area (Å²) in [7, 11) is 11.4. The zero-order valence-corrected chi connectivity index (χ0v) is 24.5. The van der Waals surface area contributed by atoms with Crippen LogP contribution in [0.5, 0.6) is 0 Å². The molecule has 0 spiro atoms. The summed E-state index contributed by atoms with van der Waals surface area (Å²) in [5.74, 6) is 0. The van der Waals surface area contributed by atoms with Crippen LogP contribution in [0.25, 0.3) is 65.7 Å². The van der Waals surface area contributed by atoms with E-state index in [9.17, 15) is 0 Å². The van der Waals surface area contributed by atoms with Crippen molar-refractivity contribution in [1.82, 2.24) is 0 Å². The Morgan fingerprint density at radius 1 is 0.293 bits per heavy atom. The van der Waals surface area contributed by atoms with E-state index in [2.05, 4.69) is 154 Å². The van der Waals surface area contributed by atoms with Crippen LogP contribution in [0.15, 0.2) is 115 Å². The highest BCUT2D eigenvalue weighted by Gasteiger charge is 2.20. The van der Waals surface area contributed by atoms with Crippen molar-refractivity contribution < 1.29 is 0 Å². The molecule has 0 aromatic heterocycles. The van der Waals surface area contributed by atoms with E-state index < -0.39 is 0 Å². The molecule has 0 amide bonds. The van der Waals surface area contributed by atoms with Crippen molar-refractivity contribution in [3.8, 4) is 33.4 Å². The summed E-state index contributed by atoms with van der Waals surface area (Å²) in [5, 5.41) is 7.75. The van der Waals surface area contributed by atoms with Crippen molar-refractivity contribution in [1.29, 1.82) is 0 Å². The Morgan fingerprint density at radius 3 is 1.24 bits per heavy atom. The molecule has 0 saturated carbocycles. The lowest BCUT2D eigenvalue weighted by molar-refractivity contribution is 1.64. The van der Waals surface area contributed by atoms with Crippen LogP contribution in [-0.2, 0) is 0 Å². The lowest BCUT2D eigenvalue weighted by Crippen LogP contribution is -2.55. The van der Waals surface area contributed by atoms with Crippen LogP contribution in [0.2, 0.25) is 0 Å². The van der Waals surface area contributed by atoms with Crippen LogP contribution in [0.3, 0.4) is 0 Å². The molecule has 0 aliphatic rings. The summed E-state index contributed by atoms with van der Waals surface area (Å²) in [6, 6.07) is 42.4. The maximum atomic E-state index is 2.37. The van der Waals surface area contributed by atoms with Crippen LogP contribution in [-0.4, -0.2) is 39.2 Å². The fourth-order valence-corrected chi connectivity index (χ4v) is 6.80. The summed E-state index contributed by atoms with van der Waals surface area (Å²) < 4.78 is 0. The summed E-state index contributed by atoms with van der Waals surface area (Å²) in [5.41, 5.74) is 14.8. The Bertz CT molecular complexity index is 2060. The number of hydrogen-bond acceptors (Lipinski definition) is 0. The quantitative estimate of drug-likeness (QED) is 0.247. The molecule has 0 heterocycles. The Hall–Kier alpha value is -4.36. The highest BCUT2D eigenvalue weighted by atomic mass is 14.2. The molecule has 7 rings (SSSR count). The molecule has 0 radical (unpaired) electrons. The van der Waals surface area contributed by atoms with Gasteiger partial charge in [-0.2, -0.15) is 0 Å². The largest absolute Gasteiger partial charge is 0.139 e. The molecule has 0 nitrogen and oxygen atoms in total. The molecule has 0 N–H and O–H groups in total. The van der Waals surface area contributed by atoms with Gasteiger partial charge < -0.3 is 0 Å². The van der Waals surface area contributed by atoms with Crippen molar-refractivity contribution in [3.63, 3.8) is 0 Å². The zero-order chi connectivity index (χ0) is 28.2. The lowest BCUT2D eigenvalue weighted by atomic mass is 9.59. The average molecular weight is 516 g/mol. The minimum Gasteiger partial charge on any atom is -0.102 e. The molecule has 0 atom stereocenters. The van der Waals surface area contributed by atoms with Crippen molar-refractivity contribution in [2.75, 3.05) is 0 Å². The third kappa shape index (κ3) is 4.06. The molecule has 0 fully saturated rings. The second kappa shape index (κ2) is 9.93. The summed E-state index contributed by atoms with van der Waals surface area (Å²) >= 11 is 0. The first-order valence-corrected chi connectivity index (χ1v) is 14.5. The second-order valence-corrected chi connectivity index (χ2v) is 11.5. The summed E-state index contributed by atoms with van der Waals surface area (Å²) in [6.07, 6.45) is 0. The van der Waals surface area contributed by atoms with Gasteiger partial charge >= 0.3 is 0 Å². The third-order valence-electron chi connectivity index (χ3n) is 9.42. The van der Waals surface area contributed by atoms with E-state index in [1.807, 2.05) is 0 Å². The highest BCUT2D eigenvalue weighted by Crippen LogP contribution is 2.43. The molecule has 0 unspecified atom stereocenters.